The van der Waals surface area contributed by atoms with E-state index in [2.05, 4.69) is 4.74 Å². The molecule has 1 fully saturated rings. The lowest BCUT2D eigenvalue weighted by molar-refractivity contribution is -0.149. The Kier molecular flexibility index (Phi) is 3.35. The molecule has 1 heterocycles. The molecule has 0 N–H and O–H groups in total. The first-order valence-electron chi connectivity index (χ1n) is 4.85. The van der Waals surface area contributed by atoms with Crippen molar-refractivity contribution in [2.75, 3.05) is 13.7 Å². The molecular weight excluding hydrogens is 244 g/mol. The molecule has 0 radical (unpaired) electrons. The van der Waals surface area contributed by atoms with E-state index in [1.807, 2.05) is 6.07 Å². The summed E-state index contributed by atoms with van der Waals surface area (Å²) in [5.74, 6) is -0.154. The molecule has 1 atom stereocenters. The number of esters is 1. The Morgan fingerprint density at radius 3 is 2.53 bits per heavy atom. The minimum atomic E-state index is -1.46. The van der Waals surface area contributed by atoms with Crippen LogP contribution in [0.2, 0.25) is 0 Å². The molecule has 17 heavy (non-hydrogen) atoms. The summed E-state index contributed by atoms with van der Waals surface area (Å²) < 4.78 is 14.5. The predicted molar refractivity (Wildman–Crippen MR) is 60.4 cm³/mol. The van der Waals surface area contributed by atoms with Crippen LogP contribution in [0.25, 0.3) is 0 Å². The highest BCUT2D eigenvalue weighted by molar-refractivity contribution is 8.10. The number of hydrogen-bond donors (Lipinski definition) is 0. The van der Waals surface area contributed by atoms with E-state index < -0.39 is 16.7 Å². The van der Waals surface area contributed by atoms with Crippen LogP contribution in [-0.4, -0.2) is 30.4 Å². The second-order valence-corrected chi connectivity index (χ2v) is 4.08. The monoisotopic (exact) mass is 254 g/mol. The molecule has 1 aromatic carbocycles. The molecule has 5 nitrogen and oxygen atoms in total. The van der Waals surface area contributed by atoms with Gasteiger partial charge in [-0.25, -0.2) is 4.79 Å². The van der Waals surface area contributed by atoms with Crippen molar-refractivity contribution in [3.05, 3.63) is 30.3 Å². The molecule has 0 aliphatic carbocycles. The zero-order chi connectivity index (χ0) is 12.3. The highest BCUT2D eigenvalue weighted by Gasteiger charge is 2.61. The van der Waals surface area contributed by atoms with Crippen molar-refractivity contribution in [1.82, 2.24) is 0 Å². The molecule has 1 aliphatic rings. The highest BCUT2D eigenvalue weighted by Crippen LogP contribution is 2.34. The van der Waals surface area contributed by atoms with Crippen LogP contribution < -0.4 is 4.18 Å². The minimum Gasteiger partial charge on any atom is -0.466 e. The van der Waals surface area contributed by atoms with Crippen LogP contribution in [0.4, 0.5) is 0 Å². The second kappa shape index (κ2) is 4.77. The molecule has 0 aromatic heterocycles. The first kappa shape index (κ1) is 11.9. The van der Waals surface area contributed by atoms with E-state index in [1.165, 1.54) is 7.11 Å². The molecular formula is C11H10O5S. The molecule has 0 spiro atoms. The van der Waals surface area contributed by atoms with Gasteiger partial charge in [0, 0.05) is 0 Å². The molecule has 1 aliphatic heterocycles. The zero-order valence-corrected chi connectivity index (χ0v) is 9.86. The maximum atomic E-state index is 11.7. The lowest BCUT2D eigenvalue weighted by atomic mass is 10.2. The maximum absolute atomic E-state index is 11.7. The van der Waals surface area contributed by atoms with Crippen molar-refractivity contribution in [3.63, 3.8) is 0 Å². The van der Waals surface area contributed by atoms with Gasteiger partial charge in [0.1, 0.15) is 17.8 Å². The summed E-state index contributed by atoms with van der Waals surface area (Å²) in [5.41, 5.74) is -1.46. The first-order chi connectivity index (χ1) is 8.19. The summed E-state index contributed by atoms with van der Waals surface area (Å²) in [4.78, 5) is 23.0. The van der Waals surface area contributed by atoms with Gasteiger partial charge in [-0.3, -0.25) is 4.79 Å². The summed E-state index contributed by atoms with van der Waals surface area (Å²) >= 11 is 0.578. The topological polar surface area (TPSA) is 65.1 Å². The Morgan fingerprint density at radius 2 is 2.00 bits per heavy atom. The van der Waals surface area contributed by atoms with E-state index in [4.69, 9.17) is 8.92 Å². The molecule has 1 aromatic rings. The quantitative estimate of drug-likeness (QED) is 0.348. The van der Waals surface area contributed by atoms with Gasteiger partial charge < -0.3 is 13.7 Å². The third kappa shape index (κ3) is 2.42. The lowest BCUT2D eigenvalue weighted by Gasteiger charge is -2.07. The number of rotatable bonds is 4. The average Bonchev–Trinajstić information content (AvgIpc) is 3.17. The number of para-hydroxylation sites is 1. The van der Waals surface area contributed by atoms with Crippen LogP contribution in [0.5, 0.6) is 5.75 Å². The van der Waals surface area contributed by atoms with E-state index in [0.29, 0.717) is 17.8 Å². The SMILES string of the molecule is COC(=O)C1(C(=O)SOc2ccccc2)CO1. The van der Waals surface area contributed by atoms with Crippen LogP contribution >= 0.6 is 12.0 Å². The molecule has 0 saturated carbocycles. The van der Waals surface area contributed by atoms with Crippen molar-refractivity contribution in [2.45, 2.75) is 5.60 Å². The standard InChI is InChI=1S/C11H10O5S/c1-14-9(12)11(7-15-11)10(13)17-16-8-5-3-2-4-6-8/h2-6H,7H2,1H3. The molecule has 0 amide bonds. The van der Waals surface area contributed by atoms with Gasteiger partial charge >= 0.3 is 5.97 Å². The molecule has 90 valence electrons. The van der Waals surface area contributed by atoms with Crippen molar-refractivity contribution < 1.29 is 23.2 Å². The third-order valence-corrected chi connectivity index (χ3v) is 2.99. The van der Waals surface area contributed by atoms with Crippen LogP contribution in [0.1, 0.15) is 0 Å². The average molecular weight is 254 g/mol. The Labute approximate surface area is 102 Å². The molecule has 0 bridgehead atoms. The highest BCUT2D eigenvalue weighted by atomic mass is 32.2. The molecule has 6 heteroatoms. The summed E-state index contributed by atoms with van der Waals surface area (Å²) in [6.45, 7) is 0.0453. The fourth-order valence-electron chi connectivity index (χ4n) is 1.19. The molecule has 1 unspecified atom stereocenters. The molecule has 1 saturated heterocycles. The van der Waals surface area contributed by atoms with E-state index in [-0.39, 0.29) is 6.61 Å². The Morgan fingerprint density at radius 1 is 1.35 bits per heavy atom. The number of carbonyl (C=O) groups excluding carboxylic acids is 2. The van der Waals surface area contributed by atoms with Crippen LogP contribution in [0, 0.1) is 0 Å². The summed E-state index contributed by atoms with van der Waals surface area (Å²) in [6.07, 6.45) is 0. The number of methoxy groups -OCH3 is 1. The summed E-state index contributed by atoms with van der Waals surface area (Å²) in [7, 11) is 1.21. The number of benzene rings is 1. The Balaban J connectivity index is 1.92. The first-order valence-corrected chi connectivity index (χ1v) is 5.59. The van der Waals surface area contributed by atoms with E-state index in [9.17, 15) is 9.59 Å². The van der Waals surface area contributed by atoms with Gasteiger partial charge in [0.15, 0.2) is 0 Å². The number of ether oxygens (including phenoxy) is 2. The predicted octanol–water partition coefficient (Wildman–Crippen LogP) is 1.18. The van der Waals surface area contributed by atoms with Crippen molar-refractivity contribution in [1.29, 1.82) is 0 Å². The van der Waals surface area contributed by atoms with Crippen molar-refractivity contribution in [2.24, 2.45) is 0 Å². The van der Waals surface area contributed by atoms with Crippen LogP contribution in [-0.2, 0) is 19.1 Å². The van der Waals surface area contributed by atoms with Gasteiger partial charge in [0.2, 0.25) is 0 Å². The maximum Gasteiger partial charge on any atom is 0.349 e. The van der Waals surface area contributed by atoms with E-state index in [0.717, 1.165) is 0 Å². The van der Waals surface area contributed by atoms with Crippen LogP contribution in [0.15, 0.2) is 30.3 Å². The van der Waals surface area contributed by atoms with Gasteiger partial charge in [0.25, 0.3) is 10.7 Å². The fraction of sp³-hybridized carbons (Fsp3) is 0.273. The number of hydrogen-bond acceptors (Lipinski definition) is 6. The largest absolute Gasteiger partial charge is 0.466 e. The Bertz CT molecular complexity index is 427. The zero-order valence-electron chi connectivity index (χ0n) is 9.04. The normalized spacial score (nSPS) is 21.7. The van der Waals surface area contributed by atoms with E-state index in [1.54, 1.807) is 24.3 Å². The number of carbonyl (C=O) groups is 2. The smallest absolute Gasteiger partial charge is 0.349 e. The third-order valence-electron chi connectivity index (χ3n) is 2.23. The van der Waals surface area contributed by atoms with Crippen molar-refractivity contribution >= 4 is 23.1 Å². The van der Waals surface area contributed by atoms with Gasteiger partial charge in [-0.15, -0.1) is 0 Å². The fourth-order valence-corrected chi connectivity index (χ4v) is 1.80. The minimum absolute atomic E-state index is 0.0453. The van der Waals surface area contributed by atoms with Gasteiger partial charge in [-0.2, -0.15) is 0 Å². The summed E-state index contributed by atoms with van der Waals surface area (Å²) in [5, 5.41) is -0.506. The van der Waals surface area contributed by atoms with E-state index >= 15 is 0 Å². The van der Waals surface area contributed by atoms with Crippen molar-refractivity contribution in [3.8, 4) is 5.75 Å². The lowest BCUT2D eigenvalue weighted by Crippen LogP contribution is -2.33. The second-order valence-electron chi connectivity index (χ2n) is 3.37. The van der Waals surface area contributed by atoms with Gasteiger partial charge in [-0.05, 0) is 12.1 Å². The number of epoxide rings is 1. The Hall–Kier alpha value is -1.53. The van der Waals surface area contributed by atoms with Crippen LogP contribution in [0.3, 0.4) is 0 Å². The van der Waals surface area contributed by atoms with Gasteiger partial charge in [-0.1, -0.05) is 18.2 Å². The summed E-state index contributed by atoms with van der Waals surface area (Å²) in [6, 6.07) is 8.81. The molecule has 2 rings (SSSR count). The van der Waals surface area contributed by atoms with Gasteiger partial charge in [0.05, 0.1) is 13.7 Å².